The predicted molar refractivity (Wildman–Crippen MR) is 28.8 cm³/mol. The smallest absolute Gasteiger partial charge is 0 e. The molecule has 0 aromatic carbocycles. The first-order valence-electron chi connectivity index (χ1n) is 0. The fraction of sp³-hybridized carbons (Fsp3) is 0. The van der Waals surface area contributed by atoms with E-state index in [-0.39, 0.29) is 108 Å². The van der Waals surface area contributed by atoms with Gasteiger partial charge in [-0.2, -0.15) is 0 Å². The molecule has 0 heterocycles. The van der Waals surface area contributed by atoms with Crippen molar-refractivity contribution in [2.45, 2.75) is 0 Å². The maximum Gasteiger partial charge on any atom is 0 e. The molecule has 0 aliphatic rings. The average molecular weight is 330 g/mol. The van der Waals surface area contributed by atoms with Crippen LogP contribution in [-0.2, 0) is 21.1 Å². The maximum absolute atomic E-state index is 0. The minimum atomic E-state index is 0. The van der Waals surface area contributed by atoms with Crippen LogP contribution in [0.1, 0.15) is 0 Å². The SMILES string of the molecule is [Al].[Al].[Al].[Al].[Al].[Pt]. The second-order valence-electron chi connectivity index (χ2n) is 0. The molecule has 0 spiro atoms. The van der Waals surface area contributed by atoms with Gasteiger partial charge in [0.25, 0.3) is 0 Å². The third kappa shape index (κ3) is 26.4. The van der Waals surface area contributed by atoms with E-state index in [4.69, 9.17) is 0 Å². The van der Waals surface area contributed by atoms with E-state index < -0.39 is 0 Å². The van der Waals surface area contributed by atoms with Gasteiger partial charge < -0.3 is 0 Å². The van der Waals surface area contributed by atoms with Gasteiger partial charge in [0.15, 0.2) is 0 Å². The Hall–Kier alpha value is 3.35. The molecule has 0 aromatic rings. The molecule has 0 aliphatic heterocycles. The minimum Gasteiger partial charge on any atom is 0 e. The van der Waals surface area contributed by atoms with Gasteiger partial charge in [-0.3, -0.25) is 0 Å². The van der Waals surface area contributed by atoms with Crippen molar-refractivity contribution in [2.75, 3.05) is 0 Å². The second kappa shape index (κ2) is 40.2. The van der Waals surface area contributed by atoms with E-state index in [9.17, 15) is 0 Å². The first-order valence-corrected chi connectivity index (χ1v) is 0. The molecular weight excluding hydrogens is 330 g/mol. The largest absolute Gasteiger partial charge is 0 e. The summed E-state index contributed by atoms with van der Waals surface area (Å²) in [4.78, 5) is 0. The molecule has 0 atom stereocenters. The van der Waals surface area contributed by atoms with Gasteiger partial charge in [-0.25, -0.2) is 0 Å². The van der Waals surface area contributed by atoms with E-state index in [1.54, 1.807) is 0 Å². The summed E-state index contributed by atoms with van der Waals surface area (Å²) in [6.45, 7) is 0. The molecule has 0 unspecified atom stereocenters. The molecule has 0 aromatic heterocycles. The van der Waals surface area contributed by atoms with Crippen molar-refractivity contribution >= 4 is 86.8 Å². The summed E-state index contributed by atoms with van der Waals surface area (Å²) >= 11 is 0. The molecule has 6 heavy (non-hydrogen) atoms. The molecule has 0 nitrogen and oxygen atoms in total. The zero-order chi connectivity index (χ0) is 0. The van der Waals surface area contributed by atoms with Gasteiger partial charge in [0.05, 0.1) is 0 Å². The zero-order valence-electron chi connectivity index (χ0n) is 3.20. The first-order chi connectivity index (χ1) is 0. The molecular formula is Al5Pt. The molecule has 0 saturated carbocycles. The topological polar surface area (TPSA) is 0 Å². The van der Waals surface area contributed by atoms with Crippen molar-refractivity contribution < 1.29 is 21.1 Å². The van der Waals surface area contributed by atoms with Crippen LogP contribution in [0.4, 0.5) is 0 Å². The molecule has 0 fully saturated rings. The number of rotatable bonds is 0. The first kappa shape index (κ1) is 58.1. The van der Waals surface area contributed by atoms with E-state index in [1.165, 1.54) is 0 Å². The van der Waals surface area contributed by atoms with E-state index >= 15 is 0 Å². The van der Waals surface area contributed by atoms with Crippen LogP contribution in [0.3, 0.4) is 0 Å². The summed E-state index contributed by atoms with van der Waals surface area (Å²) < 4.78 is 0. The van der Waals surface area contributed by atoms with Crippen molar-refractivity contribution in [1.82, 2.24) is 0 Å². The fourth-order valence-corrected chi connectivity index (χ4v) is 0. The molecule has 0 aliphatic carbocycles. The van der Waals surface area contributed by atoms with Gasteiger partial charge in [0.1, 0.15) is 0 Å². The van der Waals surface area contributed by atoms with Gasteiger partial charge in [0.2, 0.25) is 0 Å². The van der Waals surface area contributed by atoms with Gasteiger partial charge in [-0.15, -0.1) is 0 Å². The zero-order valence-corrected chi connectivity index (χ0v) is 11.2. The Kier molecular flexibility index (Phi) is 389. The van der Waals surface area contributed by atoms with Gasteiger partial charge in [0, 0.05) is 108 Å². The predicted octanol–water partition coefficient (Wildman–Crippen LogP) is -1.91. The van der Waals surface area contributed by atoms with Crippen molar-refractivity contribution in [1.29, 1.82) is 0 Å². The van der Waals surface area contributed by atoms with E-state index in [1.807, 2.05) is 0 Å². The maximum atomic E-state index is 0. The number of hydrogen-bond donors (Lipinski definition) is 0. The summed E-state index contributed by atoms with van der Waals surface area (Å²) in [6.07, 6.45) is 0. The molecule has 0 bridgehead atoms. The Balaban J connectivity index is 0. The van der Waals surface area contributed by atoms with Crippen molar-refractivity contribution in [2.24, 2.45) is 0 Å². The Morgan fingerprint density at radius 2 is 0.333 bits per heavy atom. The van der Waals surface area contributed by atoms with Crippen LogP contribution >= 0.6 is 0 Å². The van der Waals surface area contributed by atoms with Crippen LogP contribution in [-0.4, -0.2) is 86.8 Å². The Morgan fingerprint density at radius 1 is 0.333 bits per heavy atom. The van der Waals surface area contributed by atoms with E-state index in [0.717, 1.165) is 0 Å². The third-order valence-electron chi connectivity index (χ3n) is 0. The second-order valence-corrected chi connectivity index (χ2v) is 0. The fourth-order valence-electron chi connectivity index (χ4n) is 0. The Morgan fingerprint density at radius 3 is 0.333 bits per heavy atom. The van der Waals surface area contributed by atoms with E-state index in [2.05, 4.69) is 0 Å². The van der Waals surface area contributed by atoms with Crippen LogP contribution in [0.5, 0.6) is 0 Å². The van der Waals surface area contributed by atoms with Crippen molar-refractivity contribution in [3.63, 3.8) is 0 Å². The summed E-state index contributed by atoms with van der Waals surface area (Å²) in [5, 5.41) is 0. The van der Waals surface area contributed by atoms with Crippen molar-refractivity contribution in [3.05, 3.63) is 0 Å². The summed E-state index contributed by atoms with van der Waals surface area (Å²) in [7, 11) is 0. The average Bonchev–Trinajstić information content (AvgIpc) is 0. The van der Waals surface area contributed by atoms with Gasteiger partial charge in [-0.1, -0.05) is 0 Å². The summed E-state index contributed by atoms with van der Waals surface area (Å²) in [6, 6.07) is 0. The molecule has 0 amide bonds. The third-order valence-corrected chi connectivity index (χ3v) is 0. The number of hydrogen-bond acceptors (Lipinski definition) is 0. The van der Waals surface area contributed by atoms with Crippen LogP contribution < -0.4 is 0 Å². The molecule has 25 valence electrons. The minimum absolute atomic E-state index is 0. The van der Waals surface area contributed by atoms with Crippen LogP contribution in [0.15, 0.2) is 0 Å². The van der Waals surface area contributed by atoms with Gasteiger partial charge >= 0.3 is 0 Å². The van der Waals surface area contributed by atoms with Crippen LogP contribution in [0.25, 0.3) is 0 Å². The van der Waals surface area contributed by atoms with Crippen molar-refractivity contribution in [3.8, 4) is 0 Å². The molecule has 0 saturated heterocycles. The monoisotopic (exact) mass is 330 g/mol. The quantitative estimate of drug-likeness (QED) is 0.455. The molecule has 15 radical (unpaired) electrons. The Labute approximate surface area is 106 Å². The standard InChI is InChI=1S/5Al.Pt. The summed E-state index contributed by atoms with van der Waals surface area (Å²) in [5.41, 5.74) is 0. The summed E-state index contributed by atoms with van der Waals surface area (Å²) in [5.74, 6) is 0. The van der Waals surface area contributed by atoms with E-state index in [0.29, 0.717) is 0 Å². The molecule has 6 heteroatoms. The van der Waals surface area contributed by atoms with Crippen LogP contribution in [0, 0.1) is 0 Å². The molecule has 0 rings (SSSR count). The molecule has 0 N–H and O–H groups in total. The normalized spacial score (nSPS) is 0. The van der Waals surface area contributed by atoms with Gasteiger partial charge in [-0.05, 0) is 0 Å². The van der Waals surface area contributed by atoms with Crippen LogP contribution in [0.2, 0.25) is 0 Å². The Bertz CT molecular complexity index is 3.90.